The minimum absolute atomic E-state index is 0.356. The standard InChI is InChI=1S/C25H27N7S2/c1-31-10-4-16(5-11-31)19-12-18(34-30-25(8-9-25)17-2-3-17)14-32-20(13-27-21(19)32)22-28-29-23(33-22)24(15-26)6-7-24/h4,12-14,17,30H,2-3,5-11H2,1H3. The Bertz CT molecular complexity index is 1350. The van der Waals surface area contributed by atoms with Crippen LogP contribution >= 0.6 is 23.3 Å². The van der Waals surface area contributed by atoms with Gasteiger partial charge in [-0.3, -0.25) is 9.12 Å². The van der Waals surface area contributed by atoms with Gasteiger partial charge >= 0.3 is 0 Å². The number of nitriles is 1. The Morgan fingerprint density at radius 2 is 2.09 bits per heavy atom. The molecule has 0 spiro atoms. The number of pyridine rings is 1. The van der Waals surface area contributed by atoms with Crippen LogP contribution in [0.25, 0.3) is 21.9 Å². The number of rotatable bonds is 7. The van der Waals surface area contributed by atoms with Gasteiger partial charge in [0.05, 0.1) is 12.3 Å². The first kappa shape index (κ1) is 21.1. The van der Waals surface area contributed by atoms with Crippen molar-refractivity contribution in [1.82, 2.24) is 29.2 Å². The molecule has 3 aromatic heterocycles. The molecule has 0 bridgehead atoms. The molecule has 0 atom stereocenters. The lowest BCUT2D eigenvalue weighted by Crippen LogP contribution is -2.27. The molecule has 0 unspecified atom stereocenters. The normalized spacial score (nSPS) is 23.0. The molecule has 3 aliphatic carbocycles. The van der Waals surface area contributed by atoms with Crippen molar-refractivity contribution in [2.45, 2.75) is 60.8 Å². The van der Waals surface area contributed by atoms with Crippen molar-refractivity contribution in [3.8, 4) is 16.8 Å². The van der Waals surface area contributed by atoms with Crippen molar-refractivity contribution in [2.24, 2.45) is 5.92 Å². The molecule has 3 aromatic rings. The van der Waals surface area contributed by atoms with Gasteiger partial charge in [0.25, 0.3) is 0 Å². The van der Waals surface area contributed by atoms with Gasteiger partial charge in [0.2, 0.25) is 0 Å². The molecule has 7 rings (SSSR count). The molecule has 0 amide bonds. The molecule has 4 heterocycles. The second-order valence-electron chi connectivity index (χ2n) is 10.4. The van der Waals surface area contributed by atoms with Crippen molar-refractivity contribution >= 4 is 34.5 Å². The number of aromatic nitrogens is 4. The fourth-order valence-corrected chi connectivity index (χ4v) is 7.15. The highest BCUT2D eigenvalue weighted by Gasteiger charge is 2.54. The molecule has 34 heavy (non-hydrogen) atoms. The summed E-state index contributed by atoms with van der Waals surface area (Å²) in [5.74, 6) is 0.860. The second-order valence-corrected chi connectivity index (χ2v) is 12.3. The van der Waals surface area contributed by atoms with Gasteiger partial charge < -0.3 is 4.90 Å². The Kier molecular flexibility index (Phi) is 4.72. The minimum atomic E-state index is -0.410. The van der Waals surface area contributed by atoms with Gasteiger partial charge in [0, 0.05) is 35.3 Å². The maximum Gasteiger partial charge on any atom is 0.166 e. The average Bonchev–Trinajstić information content (AvgIpc) is 3.78. The van der Waals surface area contributed by atoms with Crippen LogP contribution in [-0.2, 0) is 5.41 Å². The summed E-state index contributed by atoms with van der Waals surface area (Å²) in [6, 6.07) is 4.75. The largest absolute Gasteiger partial charge is 0.302 e. The van der Waals surface area contributed by atoms with E-state index >= 15 is 0 Å². The van der Waals surface area contributed by atoms with E-state index in [4.69, 9.17) is 4.98 Å². The van der Waals surface area contributed by atoms with Crippen molar-refractivity contribution in [1.29, 1.82) is 5.26 Å². The van der Waals surface area contributed by atoms with Crippen LogP contribution in [0.4, 0.5) is 0 Å². The van der Waals surface area contributed by atoms with E-state index in [0.717, 1.165) is 59.6 Å². The van der Waals surface area contributed by atoms with E-state index in [9.17, 15) is 5.26 Å². The van der Waals surface area contributed by atoms with Gasteiger partial charge in [-0.2, -0.15) is 5.26 Å². The third-order valence-corrected chi connectivity index (χ3v) is 9.99. The van der Waals surface area contributed by atoms with Gasteiger partial charge in [-0.1, -0.05) is 17.4 Å². The van der Waals surface area contributed by atoms with Gasteiger partial charge in [-0.25, -0.2) is 4.98 Å². The zero-order valence-electron chi connectivity index (χ0n) is 19.3. The fraction of sp³-hybridized carbons (Fsp3) is 0.520. The molecule has 9 heteroatoms. The zero-order valence-corrected chi connectivity index (χ0v) is 20.9. The highest BCUT2D eigenvalue weighted by atomic mass is 32.2. The first-order chi connectivity index (χ1) is 16.6. The van der Waals surface area contributed by atoms with Gasteiger partial charge in [0.15, 0.2) is 5.01 Å². The lowest BCUT2D eigenvalue weighted by atomic mass is 10.0. The fourth-order valence-electron chi connectivity index (χ4n) is 5.07. The summed E-state index contributed by atoms with van der Waals surface area (Å²) in [7, 11) is 2.17. The smallest absolute Gasteiger partial charge is 0.166 e. The predicted molar refractivity (Wildman–Crippen MR) is 134 cm³/mol. The Morgan fingerprint density at radius 1 is 1.24 bits per heavy atom. The van der Waals surface area contributed by atoms with Crippen LogP contribution in [0.3, 0.4) is 0 Å². The van der Waals surface area contributed by atoms with Gasteiger partial charge in [-0.05, 0) is 81.5 Å². The summed E-state index contributed by atoms with van der Waals surface area (Å²) in [6.07, 6.45) is 14.6. The molecular formula is C25H27N7S2. The van der Waals surface area contributed by atoms with Crippen molar-refractivity contribution in [3.63, 3.8) is 0 Å². The van der Waals surface area contributed by atoms with Crippen LogP contribution in [0.15, 0.2) is 29.4 Å². The summed E-state index contributed by atoms with van der Waals surface area (Å²) in [4.78, 5) is 8.40. The molecular weight excluding hydrogens is 462 g/mol. The first-order valence-corrected chi connectivity index (χ1v) is 13.8. The molecule has 174 valence electrons. The van der Waals surface area contributed by atoms with Crippen molar-refractivity contribution in [2.75, 3.05) is 20.1 Å². The molecule has 0 radical (unpaired) electrons. The third-order valence-electron chi connectivity index (χ3n) is 7.88. The summed E-state index contributed by atoms with van der Waals surface area (Å²) in [6.45, 7) is 2.02. The summed E-state index contributed by atoms with van der Waals surface area (Å²) in [5, 5.41) is 20.1. The molecule has 3 fully saturated rings. The number of hydrogen-bond donors (Lipinski definition) is 1. The number of nitrogens with one attached hydrogen (secondary N) is 1. The van der Waals surface area contributed by atoms with E-state index in [0.29, 0.717) is 5.54 Å². The van der Waals surface area contributed by atoms with Crippen molar-refractivity contribution < 1.29 is 0 Å². The summed E-state index contributed by atoms with van der Waals surface area (Å²) < 4.78 is 6.02. The highest BCUT2D eigenvalue weighted by molar-refractivity contribution is 7.97. The van der Waals surface area contributed by atoms with Crippen LogP contribution in [0.1, 0.15) is 55.5 Å². The van der Waals surface area contributed by atoms with Crippen molar-refractivity contribution in [3.05, 3.63) is 35.1 Å². The van der Waals surface area contributed by atoms with Gasteiger partial charge in [-0.15, -0.1) is 10.2 Å². The number of nitrogens with zero attached hydrogens (tertiary/aromatic N) is 6. The first-order valence-electron chi connectivity index (χ1n) is 12.2. The van der Waals surface area contributed by atoms with Crippen LogP contribution in [0, 0.1) is 17.2 Å². The molecule has 7 nitrogen and oxygen atoms in total. The molecule has 3 saturated carbocycles. The van der Waals surface area contributed by atoms with E-state index in [1.54, 1.807) is 11.9 Å². The van der Waals surface area contributed by atoms with E-state index in [2.05, 4.69) is 55.7 Å². The van der Waals surface area contributed by atoms with E-state index in [1.807, 2.05) is 6.20 Å². The Hall–Kier alpha value is -2.25. The maximum absolute atomic E-state index is 9.58. The van der Waals surface area contributed by atoms with E-state index < -0.39 is 5.41 Å². The molecule has 1 aliphatic heterocycles. The topological polar surface area (TPSA) is 82.1 Å². The molecule has 4 aliphatic rings. The number of fused-ring (bicyclic) bond motifs is 1. The highest BCUT2D eigenvalue weighted by Crippen LogP contribution is 2.55. The maximum atomic E-state index is 9.58. The Balaban J connectivity index is 1.29. The van der Waals surface area contributed by atoms with Crippen LogP contribution in [0.5, 0.6) is 0 Å². The Morgan fingerprint density at radius 3 is 2.76 bits per heavy atom. The summed E-state index contributed by atoms with van der Waals surface area (Å²) in [5.41, 5.74) is 4.44. The quantitative estimate of drug-likeness (QED) is 0.483. The molecule has 1 N–H and O–H groups in total. The summed E-state index contributed by atoms with van der Waals surface area (Å²) >= 11 is 3.31. The van der Waals surface area contributed by atoms with Crippen LogP contribution in [0.2, 0.25) is 0 Å². The Labute approximate surface area is 207 Å². The monoisotopic (exact) mass is 489 g/mol. The zero-order chi connectivity index (χ0) is 22.9. The molecule has 0 aromatic carbocycles. The number of hydrogen-bond acceptors (Lipinski definition) is 8. The lowest BCUT2D eigenvalue weighted by molar-refractivity contribution is 0.370. The lowest BCUT2D eigenvalue weighted by Gasteiger charge is -2.23. The number of imidazole rings is 1. The third kappa shape index (κ3) is 3.51. The van der Waals surface area contributed by atoms with E-state index in [-0.39, 0.29) is 0 Å². The second kappa shape index (κ2) is 7.62. The SMILES string of the molecule is CN1CC=C(c2cc(SNC3(C4CC4)CC3)cn3c(-c4nnc(C5(C#N)CC5)s4)cnc23)CC1. The molecule has 0 saturated heterocycles. The minimum Gasteiger partial charge on any atom is -0.302 e. The van der Waals surface area contributed by atoms with Crippen LogP contribution < -0.4 is 4.72 Å². The van der Waals surface area contributed by atoms with E-state index in [1.165, 1.54) is 53.1 Å². The van der Waals surface area contributed by atoms with Gasteiger partial charge in [0.1, 0.15) is 21.8 Å². The van der Waals surface area contributed by atoms with Crippen LogP contribution in [-0.4, -0.2) is 50.2 Å². The predicted octanol–water partition coefficient (Wildman–Crippen LogP) is 4.67. The average molecular weight is 490 g/mol. The number of likely N-dealkylation sites (N-methyl/N-ethyl adjacent to an activating group) is 1.